The maximum atomic E-state index is 12.6. The molecule has 158 valence electrons. The second-order valence-electron chi connectivity index (χ2n) is 8.08. The van der Waals surface area contributed by atoms with E-state index in [9.17, 15) is 9.59 Å². The van der Waals surface area contributed by atoms with Crippen molar-refractivity contribution in [2.75, 3.05) is 7.11 Å². The summed E-state index contributed by atoms with van der Waals surface area (Å²) in [6.07, 6.45) is 2.69. The van der Waals surface area contributed by atoms with Gasteiger partial charge in [-0.15, -0.1) is 0 Å². The van der Waals surface area contributed by atoms with E-state index >= 15 is 0 Å². The van der Waals surface area contributed by atoms with Gasteiger partial charge in [-0.05, 0) is 49.6 Å². The second kappa shape index (κ2) is 9.03. The lowest BCUT2D eigenvalue weighted by atomic mass is 10.0. The van der Waals surface area contributed by atoms with E-state index in [1.807, 2.05) is 63.2 Å². The van der Waals surface area contributed by atoms with Gasteiger partial charge < -0.3 is 14.2 Å². The van der Waals surface area contributed by atoms with Gasteiger partial charge in [0.1, 0.15) is 18.0 Å². The molecule has 0 aromatic heterocycles. The van der Waals surface area contributed by atoms with Gasteiger partial charge in [0.05, 0.1) is 20.2 Å². The first-order valence-electron chi connectivity index (χ1n) is 9.82. The Morgan fingerprint density at radius 1 is 1.03 bits per heavy atom. The van der Waals surface area contributed by atoms with E-state index in [1.54, 1.807) is 11.0 Å². The van der Waals surface area contributed by atoms with Gasteiger partial charge in [0, 0.05) is 11.6 Å². The van der Waals surface area contributed by atoms with E-state index in [1.165, 1.54) is 13.2 Å². The highest BCUT2D eigenvalue weighted by molar-refractivity contribution is 5.87. The summed E-state index contributed by atoms with van der Waals surface area (Å²) in [7, 11) is 1.34. The molecule has 1 aliphatic heterocycles. The van der Waals surface area contributed by atoms with Gasteiger partial charge in [0.2, 0.25) is 0 Å². The van der Waals surface area contributed by atoms with Crippen LogP contribution in [0.15, 0.2) is 48.5 Å². The van der Waals surface area contributed by atoms with Crippen LogP contribution in [0, 0.1) is 0 Å². The number of rotatable bonds is 5. The summed E-state index contributed by atoms with van der Waals surface area (Å²) < 4.78 is 16.3. The maximum absolute atomic E-state index is 12.6. The minimum atomic E-state index is -0.577. The highest BCUT2D eigenvalue weighted by atomic mass is 16.6. The fourth-order valence-electron chi connectivity index (χ4n) is 3.20. The lowest BCUT2D eigenvalue weighted by molar-refractivity contribution is -0.134. The Labute approximate surface area is 177 Å². The molecule has 0 saturated carbocycles. The molecule has 1 amide bonds. The number of ether oxygens (including phenoxy) is 3. The smallest absolute Gasteiger partial charge is 0.410 e. The average Bonchev–Trinajstić information content (AvgIpc) is 3.16. The van der Waals surface area contributed by atoms with Crippen molar-refractivity contribution in [3.63, 3.8) is 0 Å². The molecular formula is C24H27NO5. The topological polar surface area (TPSA) is 65.1 Å². The summed E-state index contributed by atoms with van der Waals surface area (Å²) in [5, 5.41) is 0. The zero-order valence-corrected chi connectivity index (χ0v) is 17.8. The summed E-state index contributed by atoms with van der Waals surface area (Å²) in [4.78, 5) is 25.8. The Hall–Kier alpha value is -3.28. The Kier molecular flexibility index (Phi) is 6.45. The number of benzene rings is 2. The van der Waals surface area contributed by atoms with Gasteiger partial charge in [0.25, 0.3) is 0 Å². The first kappa shape index (κ1) is 21.4. The molecule has 0 N–H and O–H groups in total. The number of hydrogen-bond donors (Lipinski definition) is 0. The summed E-state index contributed by atoms with van der Waals surface area (Å²) >= 11 is 0. The monoisotopic (exact) mass is 409 g/mol. The van der Waals surface area contributed by atoms with Crippen LogP contribution in [-0.2, 0) is 34.0 Å². The Balaban J connectivity index is 1.86. The van der Waals surface area contributed by atoms with Crippen molar-refractivity contribution in [3.05, 3.63) is 70.8 Å². The van der Waals surface area contributed by atoms with Gasteiger partial charge in [0.15, 0.2) is 0 Å². The van der Waals surface area contributed by atoms with Crippen LogP contribution in [0.1, 0.15) is 43.0 Å². The first-order valence-corrected chi connectivity index (χ1v) is 9.82. The highest BCUT2D eigenvalue weighted by Gasteiger charge is 2.31. The van der Waals surface area contributed by atoms with Gasteiger partial charge in [-0.3, -0.25) is 4.90 Å². The van der Waals surface area contributed by atoms with Crippen LogP contribution < -0.4 is 4.74 Å². The third-order valence-electron chi connectivity index (χ3n) is 4.61. The predicted octanol–water partition coefficient (Wildman–Crippen LogP) is 4.70. The van der Waals surface area contributed by atoms with Crippen molar-refractivity contribution in [1.29, 1.82) is 0 Å². The van der Waals surface area contributed by atoms with Gasteiger partial charge in [-0.2, -0.15) is 0 Å². The van der Waals surface area contributed by atoms with Gasteiger partial charge in [-0.1, -0.05) is 36.4 Å². The maximum Gasteiger partial charge on any atom is 0.410 e. The fraction of sp³-hybridized carbons (Fsp3) is 0.333. The molecule has 0 fully saturated rings. The third kappa shape index (κ3) is 5.41. The van der Waals surface area contributed by atoms with Gasteiger partial charge in [-0.25, -0.2) is 9.59 Å². The van der Waals surface area contributed by atoms with Crippen molar-refractivity contribution in [3.8, 4) is 5.75 Å². The third-order valence-corrected chi connectivity index (χ3v) is 4.61. The van der Waals surface area contributed by atoms with E-state index in [2.05, 4.69) is 4.74 Å². The molecule has 0 spiro atoms. The summed E-state index contributed by atoms with van der Waals surface area (Å²) in [5.74, 6) is 0.283. The molecule has 6 heteroatoms. The molecule has 1 aliphatic rings. The number of fused-ring (bicyclic) bond motifs is 1. The van der Waals surface area contributed by atoms with Crippen molar-refractivity contribution in [2.24, 2.45) is 0 Å². The minimum absolute atomic E-state index is 0.379. The average molecular weight is 409 g/mol. The molecule has 0 aliphatic carbocycles. The number of methoxy groups -OCH3 is 1. The second-order valence-corrected chi connectivity index (χ2v) is 8.08. The van der Waals surface area contributed by atoms with Crippen molar-refractivity contribution in [1.82, 2.24) is 4.90 Å². The quantitative estimate of drug-likeness (QED) is 0.529. The molecule has 0 bridgehead atoms. The van der Waals surface area contributed by atoms with Crippen molar-refractivity contribution < 1.29 is 23.8 Å². The standard InChI is InChI=1S/C24H27NO5/c1-24(2,3)30-23(27)25-14-19-18(11-13-22(26)28-4)10-12-21(20(19)15-25)29-16-17-8-6-5-7-9-17/h5-13H,14-16H2,1-4H3/b13-11+. The SMILES string of the molecule is COC(=O)/C=C/c1ccc(OCc2ccccc2)c2c1CN(C(=O)OC(C)(C)C)C2. The molecule has 0 unspecified atom stereocenters. The Morgan fingerprint density at radius 3 is 2.40 bits per heavy atom. The number of carbonyl (C=O) groups excluding carboxylic acids is 2. The largest absolute Gasteiger partial charge is 0.489 e. The number of amides is 1. The lowest BCUT2D eigenvalue weighted by Crippen LogP contribution is -2.33. The molecule has 3 rings (SSSR count). The summed E-state index contributed by atoms with van der Waals surface area (Å²) in [6, 6.07) is 13.7. The Morgan fingerprint density at radius 2 is 1.73 bits per heavy atom. The molecule has 6 nitrogen and oxygen atoms in total. The number of esters is 1. The fourth-order valence-corrected chi connectivity index (χ4v) is 3.20. The van der Waals surface area contributed by atoms with Crippen LogP contribution in [0.2, 0.25) is 0 Å². The minimum Gasteiger partial charge on any atom is -0.489 e. The molecule has 1 heterocycles. The zero-order chi connectivity index (χ0) is 21.7. The predicted molar refractivity (Wildman–Crippen MR) is 114 cm³/mol. The molecule has 0 radical (unpaired) electrons. The molecule has 0 saturated heterocycles. The van der Waals surface area contributed by atoms with E-state index in [-0.39, 0.29) is 6.09 Å². The van der Waals surface area contributed by atoms with Crippen LogP contribution >= 0.6 is 0 Å². The van der Waals surface area contributed by atoms with Crippen LogP contribution in [0.25, 0.3) is 6.08 Å². The van der Waals surface area contributed by atoms with Crippen LogP contribution in [0.3, 0.4) is 0 Å². The van der Waals surface area contributed by atoms with Crippen LogP contribution in [0.5, 0.6) is 5.75 Å². The van der Waals surface area contributed by atoms with E-state index in [0.29, 0.717) is 19.7 Å². The van der Waals surface area contributed by atoms with Gasteiger partial charge >= 0.3 is 12.1 Å². The molecule has 30 heavy (non-hydrogen) atoms. The summed E-state index contributed by atoms with van der Waals surface area (Å²) in [5.41, 5.74) is 3.18. The first-order chi connectivity index (χ1) is 14.3. The molecule has 0 atom stereocenters. The normalized spacial score (nSPS) is 13.3. The molecule has 2 aromatic carbocycles. The zero-order valence-electron chi connectivity index (χ0n) is 17.8. The highest BCUT2D eigenvalue weighted by Crippen LogP contribution is 2.35. The molecular weight excluding hydrogens is 382 g/mol. The number of hydrogen-bond acceptors (Lipinski definition) is 5. The van der Waals surface area contributed by atoms with E-state index in [0.717, 1.165) is 28.0 Å². The Bertz CT molecular complexity index is 944. The number of carbonyl (C=O) groups is 2. The lowest BCUT2D eigenvalue weighted by Gasteiger charge is -2.24. The van der Waals surface area contributed by atoms with Crippen molar-refractivity contribution in [2.45, 2.75) is 46.1 Å². The molecule has 2 aromatic rings. The van der Waals surface area contributed by atoms with Crippen molar-refractivity contribution >= 4 is 18.1 Å². The van der Waals surface area contributed by atoms with Crippen LogP contribution in [0.4, 0.5) is 4.79 Å². The number of nitrogens with zero attached hydrogens (tertiary/aromatic N) is 1. The van der Waals surface area contributed by atoms with E-state index in [4.69, 9.17) is 9.47 Å². The van der Waals surface area contributed by atoms with E-state index < -0.39 is 11.6 Å². The summed E-state index contributed by atoms with van der Waals surface area (Å²) in [6.45, 7) is 6.71. The van der Waals surface area contributed by atoms with Crippen LogP contribution in [-0.4, -0.2) is 29.7 Å².